The largest absolute Gasteiger partial charge is 0.378 e. The number of ether oxygens (including phenoxy) is 1. The molecular formula is C21H28N4O3. The van der Waals surface area contributed by atoms with Crippen molar-refractivity contribution in [1.82, 2.24) is 9.80 Å². The third kappa shape index (κ3) is 5.31. The molecule has 0 saturated carbocycles. The van der Waals surface area contributed by atoms with Gasteiger partial charge in [-0.15, -0.1) is 0 Å². The Bertz CT molecular complexity index is 689. The summed E-state index contributed by atoms with van der Waals surface area (Å²) >= 11 is 0. The molecule has 0 atom stereocenters. The van der Waals surface area contributed by atoms with Crippen LogP contribution in [0.15, 0.2) is 30.3 Å². The summed E-state index contributed by atoms with van der Waals surface area (Å²) in [5.74, 6) is 0.280. The predicted octanol–water partition coefficient (Wildman–Crippen LogP) is 1.50. The molecule has 0 unspecified atom stereocenters. The zero-order valence-electron chi connectivity index (χ0n) is 16.3. The fourth-order valence-electron chi connectivity index (χ4n) is 3.82. The average Bonchev–Trinajstić information content (AvgIpc) is 2.75. The minimum atomic E-state index is -0.000550. The number of carbonyl (C=O) groups is 2. The lowest BCUT2D eigenvalue weighted by Gasteiger charge is -2.36. The van der Waals surface area contributed by atoms with Gasteiger partial charge in [-0.3, -0.25) is 14.5 Å². The Hall–Kier alpha value is -2.43. The van der Waals surface area contributed by atoms with Gasteiger partial charge in [-0.25, -0.2) is 0 Å². The average molecular weight is 384 g/mol. The molecule has 7 nitrogen and oxygen atoms in total. The van der Waals surface area contributed by atoms with E-state index in [-0.39, 0.29) is 17.7 Å². The number of nitrogens with zero attached hydrogens (tertiary/aromatic N) is 4. The lowest BCUT2D eigenvalue weighted by atomic mass is 9.95. The van der Waals surface area contributed by atoms with Crippen LogP contribution in [-0.2, 0) is 14.3 Å². The number of anilines is 1. The van der Waals surface area contributed by atoms with Gasteiger partial charge in [-0.05, 0) is 38.1 Å². The standard InChI is InChI=1S/C21H28N4O3/c22-9-4-10-25(19-5-2-1-3-6-19)20(26)17-23-11-7-18(8-12-23)21(27)24-13-15-28-16-14-24/h1-3,5-6,18H,4,7-8,10-17H2. The van der Waals surface area contributed by atoms with Crippen LogP contribution in [0.5, 0.6) is 0 Å². The highest BCUT2D eigenvalue weighted by atomic mass is 16.5. The van der Waals surface area contributed by atoms with Gasteiger partial charge in [0.05, 0.1) is 32.2 Å². The fraction of sp³-hybridized carbons (Fsp3) is 0.571. The normalized spacial score (nSPS) is 18.5. The molecular weight excluding hydrogens is 356 g/mol. The van der Waals surface area contributed by atoms with Crippen LogP contribution >= 0.6 is 0 Å². The van der Waals surface area contributed by atoms with E-state index in [0.29, 0.717) is 45.8 Å². The highest BCUT2D eigenvalue weighted by molar-refractivity contribution is 5.94. The molecule has 0 spiro atoms. The van der Waals surface area contributed by atoms with E-state index in [1.807, 2.05) is 35.2 Å². The van der Waals surface area contributed by atoms with E-state index in [4.69, 9.17) is 10.00 Å². The maximum Gasteiger partial charge on any atom is 0.241 e. The number of carbonyl (C=O) groups excluding carboxylic acids is 2. The predicted molar refractivity (Wildman–Crippen MR) is 106 cm³/mol. The van der Waals surface area contributed by atoms with Gasteiger partial charge in [0.2, 0.25) is 11.8 Å². The summed E-state index contributed by atoms with van der Waals surface area (Å²) in [6.07, 6.45) is 1.87. The summed E-state index contributed by atoms with van der Waals surface area (Å²) in [4.78, 5) is 31.2. The summed E-state index contributed by atoms with van der Waals surface area (Å²) < 4.78 is 5.32. The van der Waals surface area contributed by atoms with Gasteiger partial charge >= 0.3 is 0 Å². The maximum absolute atomic E-state index is 12.9. The van der Waals surface area contributed by atoms with Crippen molar-refractivity contribution in [3.63, 3.8) is 0 Å². The highest BCUT2D eigenvalue weighted by Gasteiger charge is 2.30. The molecule has 2 amide bonds. The zero-order valence-corrected chi connectivity index (χ0v) is 16.3. The molecule has 2 heterocycles. The lowest BCUT2D eigenvalue weighted by molar-refractivity contribution is -0.141. The molecule has 1 aromatic carbocycles. The van der Waals surface area contributed by atoms with Crippen LogP contribution < -0.4 is 4.90 Å². The Morgan fingerprint density at radius 2 is 1.79 bits per heavy atom. The Kier molecular flexibility index (Phi) is 7.40. The molecule has 3 rings (SSSR count). The zero-order chi connectivity index (χ0) is 19.8. The number of nitriles is 1. The second-order valence-corrected chi connectivity index (χ2v) is 7.28. The van der Waals surface area contributed by atoms with Crippen LogP contribution in [-0.4, -0.2) is 74.1 Å². The molecule has 2 aliphatic heterocycles. The summed E-state index contributed by atoms with van der Waals surface area (Å²) in [5.41, 5.74) is 0.820. The fourth-order valence-corrected chi connectivity index (χ4v) is 3.82. The molecule has 2 fully saturated rings. The van der Waals surface area contributed by atoms with E-state index >= 15 is 0 Å². The molecule has 2 aliphatic rings. The van der Waals surface area contributed by atoms with E-state index in [1.54, 1.807) is 4.90 Å². The van der Waals surface area contributed by atoms with E-state index in [9.17, 15) is 9.59 Å². The van der Waals surface area contributed by atoms with Gasteiger partial charge in [-0.1, -0.05) is 18.2 Å². The molecule has 0 aromatic heterocycles. The first kappa shape index (κ1) is 20.3. The van der Waals surface area contributed by atoms with Crippen LogP contribution in [0, 0.1) is 17.2 Å². The minimum absolute atomic E-state index is 0.000550. The van der Waals surface area contributed by atoms with Gasteiger partial charge in [0.25, 0.3) is 0 Å². The van der Waals surface area contributed by atoms with Gasteiger partial charge in [0, 0.05) is 31.2 Å². The maximum atomic E-state index is 12.9. The van der Waals surface area contributed by atoms with Crippen LogP contribution in [0.25, 0.3) is 0 Å². The molecule has 0 aliphatic carbocycles. The molecule has 0 N–H and O–H groups in total. The van der Waals surface area contributed by atoms with Crippen LogP contribution in [0.1, 0.15) is 19.3 Å². The Labute approximate surface area is 166 Å². The third-order valence-corrected chi connectivity index (χ3v) is 5.43. The number of piperidine rings is 1. The minimum Gasteiger partial charge on any atom is -0.378 e. The number of amides is 2. The second-order valence-electron chi connectivity index (χ2n) is 7.28. The summed E-state index contributed by atoms with van der Waals surface area (Å²) in [7, 11) is 0. The van der Waals surface area contributed by atoms with Crippen LogP contribution in [0.3, 0.4) is 0 Å². The van der Waals surface area contributed by atoms with E-state index < -0.39 is 0 Å². The van der Waals surface area contributed by atoms with E-state index in [0.717, 1.165) is 31.6 Å². The number of benzene rings is 1. The number of para-hydroxylation sites is 1. The second kappa shape index (κ2) is 10.2. The van der Waals surface area contributed by atoms with Crippen molar-refractivity contribution in [3.8, 4) is 6.07 Å². The lowest BCUT2D eigenvalue weighted by Crippen LogP contribution is -2.48. The summed E-state index contributed by atoms with van der Waals surface area (Å²) in [6, 6.07) is 11.6. The first-order valence-corrected chi connectivity index (χ1v) is 10.0. The Morgan fingerprint density at radius 3 is 2.43 bits per heavy atom. The van der Waals surface area contributed by atoms with Crippen molar-refractivity contribution in [2.24, 2.45) is 5.92 Å². The molecule has 28 heavy (non-hydrogen) atoms. The van der Waals surface area contributed by atoms with Crippen LogP contribution in [0.4, 0.5) is 5.69 Å². The number of likely N-dealkylation sites (tertiary alicyclic amines) is 1. The van der Waals surface area contributed by atoms with Crippen molar-refractivity contribution in [2.75, 3.05) is 57.4 Å². The molecule has 1 aromatic rings. The van der Waals surface area contributed by atoms with Gasteiger partial charge in [-0.2, -0.15) is 5.26 Å². The number of morpholine rings is 1. The SMILES string of the molecule is N#CCCN(C(=O)CN1CCC(C(=O)N2CCOCC2)CC1)c1ccccc1. The topological polar surface area (TPSA) is 76.9 Å². The summed E-state index contributed by atoms with van der Waals surface area (Å²) in [5, 5.41) is 8.91. The van der Waals surface area contributed by atoms with Crippen LogP contribution in [0.2, 0.25) is 0 Å². The molecule has 0 bridgehead atoms. The molecule has 2 saturated heterocycles. The van der Waals surface area contributed by atoms with Gasteiger partial charge in [0.1, 0.15) is 0 Å². The quantitative estimate of drug-likeness (QED) is 0.743. The molecule has 0 radical (unpaired) electrons. The number of hydrogen-bond donors (Lipinski definition) is 0. The third-order valence-electron chi connectivity index (χ3n) is 5.43. The Balaban J connectivity index is 1.51. The van der Waals surface area contributed by atoms with Crippen molar-refractivity contribution >= 4 is 17.5 Å². The van der Waals surface area contributed by atoms with Crippen molar-refractivity contribution in [2.45, 2.75) is 19.3 Å². The number of hydrogen-bond acceptors (Lipinski definition) is 5. The van der Waals surface area contributed by atoms with Gasteiger partial charge in [0.15, 0.2) is 0 Å². The van der Waals surface area contributed by atoms with Crippen molar-refractivity contribution in [1.29, 1.82) is 5.26 Å². The first-order chi connectivity index (χ1) is 13.7. The number of rotatable bonds is 6. The van der Waals surface area contributed by atoms with E-state index in [1.165, 1.54) is 0 Å². The first-order valence-electron chi connectivity index (χ1n) is 10.0. The Morgan fingerprint density at radius 1 is 1.11 bits per heavy atom. The monoisotopic (exact) mass is 384 g/mol. The van der Waals surface area contributed by atoms with Gasteiger partial charge < -0.3 is 14.5 Å². The van der Waals surface area contributed by atoms with Crippen molar-refractivity contribution < 1.29 is 14.3 Å². The smallest absolute Gasteiger partial charge is 0.241 e. The van der Waals surface area contributed by atoms with Crippen molar-refractivity contribution in [3.05, 3.63) is 30.3 Å². The summed E-state index contributed by atoms with van der Waals surface area (Å²) in [6.45, 7) is 4.81. The van der Waals surface area contributed by atoms with E-state index in [2.05, 4.69) is 11.0 Å². The molecule has 150 valence electrons. The highest BCUT2D eigenvalue weighted by Crippen LogP contribution is 2.21. The molecule has 7 heteroatoms.